The van der Waals surface area contributed by atoms with Gasteiger partial charge >= 0.3 is 0 Å². The van der Waals surface area contributed by atoms with E-state index in [1.807, 2.05) is 13.8 Å². The SMILES string of the molecule is CC(C)CC(NC(=O)c1ccc(Cl)cc1)C(=O)NC1CCS(=O)(=O)CC1. The largest absolute Gasteiger partial charge is 0.352 e. The van der Waals surface area contributed by atoms with E-state index in [4.69, 9.17) is 11.6 Å². The van der Waals surface area contributed by atoms with Gasteiger partial charge in [-0.25, -0.2) is 8.42 Å². The lowest BCUT2D eigenvalue weighted by molar-refractivity contribution is -0.124. The number of carbonyl (C=O) groups excluding carboxylic acids is 2. The second kappa shape index (κ2) is 8.86. The summed E-state index contributed by atoms with van der Waals surface area (Å²) in [5.41, 5.74) is 0.430. The lowest BCUT2D eigenvalue weighted by Crippen LogP contribution is -2.51. The molecule has 2 rings (SSSR count). The van der Waals surface area contributed by atoms with Crippen LogP contribution in [-0.2, 0) is 14.6 Å². The first kappa shape index (κ1) is 20.7. The Labute approximate surface area is 159 Å². The summed E-state index contributed by atoms with van der Waals surface area (Å²) in [6, 6.07) is 5.61. The van der Waals surface area contributed by atoms with E-state index in [1.54, 1.807) is 24.3 Å². The fourth-order valence-corrected chi connectivity index (χ4v) is 4.50. The molecule has 26 heavy (non-hydrogen) atoms. The Morgan fingerprint density at radius 1 is 1.15 bits per heavy atom. The van der Waals surface area contributed by atoms with Crippen molar-refractivity contribution >= 4 is 33.3 Å². The van der Waals surface area contributed by atoms with Gasteiger partial charge in [-0.1, -0.05) is 25.4 Å². The first-order valence-electron chi connectivity index (χ1n) is 8.73. The average molecular weight is 401 g/mol. The Balaban J connectivity index is 2.00. The lowest BCUT2D eigenvalue weighted by Gasteiger charge is -2.26. The van der Waals surface area contributed by atoms with Crippen LogP contribution in [-0.4, -0.2) is 43.8 Å². The first-order valence-corrected chi connectivity index (χ1v) is 10.9. The monoisotopic (exact) mass is 400 g/mol. The third kappa shape index (κ3) is 6.29. The Morgan fingerprint density at radius 3 is 2.27 bits per heavy atom. The van der Waals surface area contributed by atoms with Crippen LogP contribution in [0.3, 0.4) is 0 Å². The predicted molar refractivity (Wildman–Crippen MR) is 102 cm³/mol. The molecule has 0 aliphatic carbocycles. The Bertz CT molecular complexity index is 733. The minimum absolute atomic E-state index is 0.0872. The number of benzene rings is 1. The minimum Gasteiger partial charge on any atom is -0.352 e. The van der Waals surface area contributed by atoms with Crippen molar-refractivity contribution in [2.75, 3.05) is 11.5 Å². The van der Waals surface area contributed by atoms with Crippen LogP contribution in [0.2, 0.25) is 5.02 Å². The molecule has 1 saturated heterocycles. The quantitative estimate of drug-likeness (QED) is 0.765. The van der Waals surface area contributed by atoms with Crippen molar-refractivity contribution < 1.29 is 18.0 Å². The molecule has 0 radical (unpaired) electrons. The van der Waals surface area contributed by atoms with E-state index in [-0.39, 0.29) is 35.3 Å². The van der Waals surface area contributed by atoms with Gasteiger partial charge in [-0.05, 0) is 49.4 Å². The van der Waals surface area contributed by atoms with Gasteiger partial charge in [-0.2, -0.15) is 0 Å². The molecule has 1 aliphatic rings. The highest BCUT2D eigenvalue weighted by atomic mass is 35.5. The van der Waals surface area contributed by atoms with Gasteiger partial charge in [-0.15, -0.1) is 0 Å². The van der Waals surface area contributed by atoms with Crippen LogP contribution in [0.1, 0.15) is 43.5 Å². The fraction of sp³-hybridized carbons (Fsp3) is 0.556. The molecule has 1 aromatic rings. The molecule has 1 aromatic carbocycles. The van der Waals surface area contributed by atoms with E-state index >= 15 is 0 Å². The zero-order valence-corrected chi connectivity index (χ0v) is 16.6. The normalized spacial score (nSPS) is 18.3. The van der Waals surface area contributed by atoms with Gasteiger partial charge in [0.25, 0.3) is 5.91 Å². The average Bonchev–Trinajstić information content (AvgIpc) is 2.56. The van der Waals surface area contributed by atoms with E-state index in [2.05, 4.69) is 10.6 Å². The summed E-state index contributed by atoms with van der Waals surface area (Å²) >= 11 is 5.83. The van der Waals surface area contributed by atoms with Crippen molar-refractivity contribution in [3.8, 4) is 0 Å². The molecule has 8 heteroatoms. The molecular formula is C18H25ClN2O4S. The molecule has 1 atom stereocenters. The highest BCUT2D eigenvalue weighted by Crippen LogP contribution is 2.14. The maximum Gasteiger partial charge on any atom is 0.251 e. The maximum atomic E-state index is 12.6. The molecule has 1 unspecified atom stereocenters. The number of rotatable bonds is 6. The van der Waals surface area contributed by atoms with Gasteiger partial charge in [0.1, 0.15) is 15.9 Å². The first-order chi connectivity index (χ1) is 12.2. The molecule has 144 valence electrons. The van der Waals surface area contributed by atoms with Gasteiger partial charge in [0.15, 0.2) is 0 Å². The van der Waals surface area contributed by atoms with Crippen LogP contribution >= 0.6 is 11.6 Å². The van der Waals surface area contributed by atoms with Crippen LogP contribution in [0, 0.1) is 5.92 Å². The molecule has 1 heterocycles. The van der Waals surface area contributed by atoms with E-state index in [0.29, 0.717) is 29.8 Å². The summed E-state index contributed by atoms with van der Waals surface area (Å²) in [4.78, 5) is 25.0. The van der Waals surface area contributed by atoms with Gasteiger partial charge in [-0.3, -0.25) is 9.59 Å². The Hall–Kier alpha value is -1.60. The second-order valence-corrected chi connectivity index (χ2v) is 9.84. The third-order valence-corrected chi connectivity index (χ3v) is 6.30. The van der Waals surface area contributed by atoms with Crippen LogP contribution in [0.25, 0.3) is 0 Å². The van der Waals surface area contributed by atoms with Crippen LogP contribution in [0.15, 0.2) is 24.3 Å². The molecule has 6 nitrogen and oxygen atoms in total. The van der Waals surface area contributed by atoms with Gasteiger partial charge < -0.3 is 10.6 Å². The van der Waals surface area contributed by atoms with E-state index < -0.39 is 15.9 Å². The van der Waals surface area contributed by atoms with Crippen molar-refractivity contribution in [1.29, 1.82) is 0 Å². The molecule has 1 aliphatic heterocycles. The van der Waals surface area contributed by atoms with Crippen molar-refractivity contribution in [1.82, 2.24) is 10.6 Å². The van der Waals surface area contributed by atoms with E-state index in [0.717, 1.165) is 0 Å². The van der Waals surface area contributed by atoms with Crippen molar-refractivity contribution in [2.24, 2.45) is 5.92 Å². The molecule has 0 bridgehead atoms. The number of amides is 2. The van der Waals surface area contributed by atoms with E-state index in [9.17, 15) is 18.0 Å². The summed E-state index contributed by atoms with van der Waals surface area (Å²) in [5.74, 6) is -0.226. The van der Waals surface area contributed by atoms with Crippen molar-refractivity contribution in [2.45, 2.75) is 45.2 Å². The molecule has 0 saturated carbocycles. The molecule has 2 amide bonds. The van der Waals surface area contributed by atoms with Gasteiger partial charge in [0, 0.05) is 16.6 Å². The van der Waals surface area contributed by atoms with Crippen LogP contribution in [0.4, 0.5) is 0 Å². The van der Waals surface area contributed by atoms with Gasteiger partial charge in [0.2, 0.25) is 5.91 Å². The summed E-state index contributed by atoms with van der Waals surface area (Å²) in [7, 11) is -2.98. The summed E-state index contributed by atoms with van der Waals surface area (Å²) in [6.07, 6.45) is 1.32. The third-order valence-electron chi connectivity index (χ3n) is 4.34. The molecule has 0 aromatic heterocycles. The topological polar surface area (TPSA) is 92.3 Å². The molecular weight excluding hydrogens is 376 g/mol. The second-order valence-electron chi connectivity index (χ2n) is 7.10. The number of nitrogens with one attached hydrogen (secondary N) is 2. The van der Waals surface area contributed by atoms with Crippen molar-refractivity contribution in [3.05, 3.63) is 34.9 Å². The van der Waals surface area contributed by atoms with Crippen molar-refractivity contribution in [3.63, 3.8) is 0 Å². The van der Waals surface area contributed by atoms with E-state index in [1.165, 1.54) is 0 Å². The minimum atomic E-state index is -2.98. The van der Waals surface area contributed by atoms with Crippen LogP contribution in [0.5, 0.6) is 0 Å². The maximum absolute atomic E-state index is 12.6. The lowest BCUT2D eigenvalue weighted by atomic mass is 10.0. The number of sulfone groups is 1. The Kier molecular flexibility index (Phi) is 7.06. The highest BCUT2D eigenvalue weighted by Gasteiger charge is 2.28. The summed E-state index contributed by atoms with van der Waals surface area (Å²) in [6.45, 7) is 3.95. The van der Waals surface area contributed by atoms with Crippen LogP contribution < -0.4 is 10.6 Å². The number of carbonyl (C=O) groups is 2. The van der Waals surface area contributed by atoms with Gasteiger partial charge in [0.05, 0.1) is 11.5 Å². The summed E-state index contributed by atoms with van der Waals surface area (Å²) < 4.78 is 23.0. The summed E-state index contributed by atoms with van der Waals surface area (Å²) in [5, 5.41) is 6.20. The number of hydrogen-bond acceptors (Lipinski definition) is 4. The zero-order valence-electron chi connectivity index (χ0n) is 15.0. The molecule has 0 spiro atoms. The molecule has 1 fully saturated rings. The smallest absolute Gasteiger partial charge is 0.251 e. The predicted octanol–water partition coefficient (Wildman–Crippen LogP) is 2.18. The standard InChI is InChI=1S/C18H25ClN2O4S/c1-12(2)11-16(21-17(22)13-3-5-14(19)6-4-13)18(23)20-15-7-9-26(24,25)10-8-15/h3-6,12,15-16H,7-11H2,1-2H3,(H,20,23)(H,21,22). The number of hydrogen-bond donors (Lipinski definition) is 2. The Morgan fingerprint density at radius 2 is 1.73 bits per heavy atom. The molecule has 2 N–H and O–H groups in total. The highest BCUT2D eigenvalue weighted by molar-refractivity contribution is 7.91. The zero-order chi connectivity index (χ0) is 19.3. The number of halogens is 1. The fourth-order valence-electron chi connectivity index (χ4n) is 2.88.